The van der Waals surface area contributed by atoms with Crippen LogP contribution in [0.4, 0.5) is 0 Å². The zero-order valence-corrected chi connectivity index (χ0v) is 24.5. The second-order valence-corrected chi connectivity index (χ2v) is 11.5. The highest BCUT2D eigenvalue weighted by atomic mass is 31.0. The number of nitrogens with zero attached hydrogens (tertiary/aromatic N) is 4. The van der Waals surface area contributed by atoms with E-state index in [0.717, 1.165) is 31.6 Å². The molecule has 2 N–H and O–H groups in total. The van der Waals surface area contributed by atoms with Crippen LogP contribution >= 0.6 is 28.2 Å². The van der Waals surface area contributed by atoms with Crippen LogP contribution in [0.5, 0.6) is 0 Å². The Kier molecular flexibility index (Phi) is 11.2. The first kappa shape index (κ1) is 29.6. The monoisotopic (exact) mass is 465 g/mol. The third kappa shape index (κ3) is 5.71. The minimum Gasteiger partial charge on any atom is -0.337 e. The van der Waals surface area contributed by atoms with E-state index in [1.54, 1.807) is 0 Å². The van der Waals surface area contributed by atoms with Crippen LogP contribution in [0.3, 0.4) is 0 Å². The highest BCUT2D eigenvalue weighted by Crippen LogP contribution is 2.44. The topological polar surface area (TPSA) is 48.1 Å². The predicted molar refractivity (Wildman–Crippen MR) is 142 cm³/mol. The number of rotatable bonds is 11. The van der Waals surface area contributed by atoms with Crippen molar-refractivity contribution in [3.63, 3.8) is 0 Å². The zero-order chi connectivity index (χ0) is 23.4. The first-order valence-electron chi connectivity index (χ1n) is 10.8. The maximum atomic E-state index is 6.50. The van der Waals surface area contributed by atoms with Gasteiger partial charge in [-0.2, -0.15) is 0 Å². The standard InChI is InChI=1S/C21H50N5P3/c1-12-20(9,15-24(10)21(13-2,14-3)16(4)22)19(7,8)26(29)17(23-27)18(5,6)25(11)28/h16H,12-15,22,27-29H2,1-11H3/t16-,20?/m0/s1. The van der Waals surface area contributed by atoms with Crippen LogP contribution in [0.2, 0.25) is 0 Å². The molecule has 5 nitrogen and oxygen atoms in total. The van der Waals surface area contributed by atoms with E-state index in [0.29, 0.717) is 0 Å². The van der Waals surface area contributed by atoms with Crippen LogP contribution in [-0.4, -0.2) is 63.4 Å². The Labute approximate surface area is 189 Å². The summed E-state index contributed by atoms with van der Waals surface area (Å²) in [6.45, 7) is 21.4. The van der Waals surface area contributed by atoms with E-state index in [9.17, 15) is 0 Å². The fourth-order valence-corrected chi connectivity index (χ4v) is 5.81. The third-order valence-electron chi connectivity index (χ3n) is 8.06. The van der Waals surface area contributed by atoms with Crippen molar-refractivity contribution in [1.29, 1.82) is 0 Å². The van der Waals surface area contributed by atoms with Crippen molar-refractivity contribution in [2.24, 2.45) is 15.9 Å². The van der Waals surface area contributed by atoms with Crippen LogP contribution in [0.1, 0.15) is 81.6 Å². The number of amidine groups is 1. The molecule has 0 aromatic heterocycles. The van der Waals surface area contributed by atoms with E-state index in [4.69, 9.17) is 5.73 Å². The Morgan fingerprint density at radius 2 is 1.41 bits per heavy atom. The van der Waals surface area contributed by atoms with Crippen molar-refractivity contribution >= 4 is 34.0 Å². The molecule has 0 heterocycles. The summed E-state index contributed by atoms with van der Waals surface area (Å²) in [5.74, 6) is 1.02. The fourth-order valence-electron chi connectivity index (χ4n) is 4.43. The molecular weight excluding hydrogens is 415 g/mol. The lowest BCUT2D eigenvalue weighted by molar-refractivity contribution is -0.00407. The van der Waals surface area contributed by atoms with Gasteiger partial charge >= 0.3 is 0 Å². The van der Waals surface area contributed by atoms with Crippen molar-refractivity contribution in [2.45, 2.75) is 104 Å². The molecule has 0 radical (unpaired) electrons. The fraction of sp³-hybridized carbons (Fsp3) is 0.952. The van der Waals surface area contributed by atoms with Gasteiger partial charge in [0.2, 0.25) is 0 Å². The molecule has 0 fully saturated rings. The molecule has 0 spiro atoms. The van der Waals surface area contributed by atoms with Gasteiger partial charge in [-0.25, -0.2) is 0 Å². The lowest BCUT2D eigenvalue weighted by atomic mass is 9.69. The van der Waals surface area contributed by atoms with Crippen molar-refractivity contribution < 1.29 is 0 Å². The second-order valence-electron chi connectivity index (χ2n) is 9.92. The summed E-state index contributed by atoms with van der Waals surface area (Å²) in [4.78, 5) is 2.52. The Morgan fingerprint density at radius 1 is 0.966 bits per heavy atom. The number of hydrogen-bond acceptors (Lipinski definition) is 4. The van der Waals surface area contributed by atoms with Gasteiger partial charge in [0.1, 0.15) is 5.84 Å². The molecule has 5 atom stereocenters. The summed E-state index contributed by atoms with van der Waals surface area (Å²) in [6, 6.07) is 0.118. The molecule has 8 heteroatoms. The van der Waals surface area contributed by atoms with Gasteiger partial charge in [0.15, 0.2) is 0 Å². The summed E-state index contributed by atoms with van der Waals surface area (Å²) in [6.07, 6.45) is 3.15. The van der Waals surface area contributed by atoms with Gasteiger partial charge in [-0.15, -0.1) is 0 Å². The van der Waals surface area contributed by atoms with Crippen molar-refractivity contribution in [3.8, 4) is 0 Å². The molecule has 0 saturated heterocycles. The van der Waals surface area contributed by atoms with E-state index in [2.05, 4.69) is 124 Å². The van der Waals surface area contributed by atoms with E-state index in [1.807, 2.05) is 0 Å². The molecule has 0 saturated carbocycles. The minimum atomic E-state index is -0.228. The van der Waals surface area contributed by atoms with Gasteiger partial charge in [0.25, 0.3) is 0 Å². The molecule has 0 aliphatic rings. The molecular formula is C21H50N5P3. The van der Waals surface area contributed by atoms with E-state index in [-0.39, 0.29) is 28.1 Å². The summed E-state index contributed by atoms with van der Waals surface area (Å²) >= 11 is 0. The van der Waals surface area contributed by atoms with Gasteiger partial charge < -0.3 is 10.4 Å². The maximum absolute atomic E-state index is 6.50. The van der Waals surface area contributed by atoms with Gasteiger partial charge in [-0.05, 0) is 86.8 Å². The number of likely N-dealkylation sites (N-methyl/N-ethyl adjacent to an activating group) is 2. The zero-order valence-electron chi connectivity index (χ0n) is 21.0. The average molecular weight is 466 g/mol. The number of nitrogens with two attached hydrogens (primary N) is 1. The van der Waals surface area contributed by atoms with Gasteiger partial charge in [-0.3, -0.25) is 14.3 Å². The molecule has 0 aromatic carbocycles. The van der Waals surface area contributed by atoms with Gasteiger partial charge in [0.05, 0.1) is 5.54 Å². The molecule has 4 unspecified atom stereocenters. The van der Waals surface area contributed by atoms with Crippen molar-refractivity contribution in [1.82, 2.24) is 14.2 Å². The Bertz CT molecular complexity index is 544. The van der Waals surface area contributed by atoms with Gasteiger partial charge in [0, 0.05) is 29.1 Å². The Hall–Kier alpha value is 0.640. The van der Waals surface area contributed by atoms with Crippen LogP contribution in [0, 0.1) is 5.41 Å². The first-order chi connectivity index (χ1) is 13.0. The molecule has 0 bridgehead atoms. The highest BCUT2D eigenvalue weighted by molar-refractivity contribution is 7.17. The molecule has 0 aromatic rings. The average Bonchev–Trinajstić information content (AvgIpc) is 2.62. The molecule has 0 aliphatic carbocycles. The predicted octanol–water partition coefficient (Wildman–Crippen LogP) is 4.80. The summed E-state index contributed by atoms with van der Waals surface area (Å²) in [7, 11) is 12.6. The normalized spacial score (nSPS) is 17.6. The summed E-state index contributed by atoms with van der Waals surface area (Å²) in [5, 5.41) is 0. The largest absolute Gasteiger partial charge is 0.337 e. The molecule has 0 amide bonds. The number of hydrogen-bond donors (Lipinski definition) is 1. The third-order valence-corrected chi connectivity index (χ3v) is 9.84. The molecule has 174 valence electrons. The van der Waals surface area contributed by atoms with Crippen molar-refractivity contribution in [2.75, 3.05) is 20.6 Å². The Morgan fingerprint density at radius 3 is 1.69 bits per heavy atom. The van der Waals surface area contributed by atoms with E-state index >= 15 is 0 Å². The van der Waals surface area contributed by atoms with Gasteiger partial charge in [-0.1, -0.05) is 37.1 Å². The highest BCUT2D eigenvalue weighted by Gasteiger charge is 2.49. The SMILES string of the molecule is CCC(CC)([C@H](C)N)N(C)CC(C)(CC)C(C)(C)N(P)C(=NP)C(C)(C)N(C)P. The minimum absolute atomic E-state index is 0.00923. The van der Waals surface area contributed by atoms with Crippen molar-refractivity contribution in [3.05, 3.63) is 0 Å². The lowest BCUT2D eigenvalue weighted by Gasteiger charge is -2.56. The van der Waals surface area contributed by atoms with E-state index < -0.39 is 0 Å². The molecule has 0 aliphatic heterocycles. The quantitative estimate of drug-likeness (QED) is 0.271. The van der Waals surface area contributed by atoms with Crippen LogP contribution < -0.4 is 5.73 Å². The molecule has 0 rings (SSSR count). The summed E-state index contributed by atoms with van der Waals surface area (Å²) < 4.78 is 9.06. The van der Waals surface area contributed by atoms with Crippen LogP contribution in [-0.2, 0) is 0 Å². The van der Waals surface area contributed by atoms with Crippen LogP contribution in [0.15, 0.2) is 4.76 Å². The molecule has 29 heavy (non-hydrogen) atoms. The first-order valence-corrected chi connectivity index (χ1v) is 12.4. The lowest BCUT2D eigenvalue weighted by Crippen LogP contribution is -2.64. The Balaban J connectivity index is 6.14. The van der Waals surface area contributed by atoms with Crippen LogP contribution in [0.25, 0.3) is 0 Å². The smallest absolute Gasteiger partial charge is 0.126 e. The second kappa shape index (κ2) is 11.0. The maximum Gasteiger partial charge on any atom is 0.126 e. The summed E-state index contributed by atoms with van der Waals surface area (Å²) in [5.41, 5.74) is 6.14. The van der Waals surface area contributed by atoms with E-state index in [1.165, 1.54) is 0 Å².